The van der Waals surface area contributed by atoms with E-state index in [1.807, 2.05) is 18.2 Å². The number of carbonyl (C=O) groups excluding carboxylic acids is 1. The number of aliphatic carboxylic acids is 1. The summed E-state index contributed by atoms with van der Waals surface area (Å²) in [6.45, 7) is 2.91. The van der Waals surface area contributed by atoms with Crippen LogP contribution in [0.15, 0.2) is 72.8 Å². The van der Waals surface area contributed by atoms with Gasteiger partial charge >= 0.3 is 12.0 Å². The average Bonchev–Trinajstić information content (AvgIpc) is 2.92. The number of ether oxygens (including phenoxy) is 2. The third-order valence-corrected chi connectivity index (χ3v) is 6.06. The molecule has 3 aromatic rings. The lowest BCUT2D eigenvalue weighted by atomic mass is 10.1. The van der Waals surface area contributed by atoms with E-state index < -0.39 is 29.7 Å². The van der Waals surface area contributed by atoms with Gasteiger partial charge in [-0.25, -0.2) is 18.4 Å². The SMILES string of the molecule is CCOC(Cc1ccc(OCCN(CCCCc2ccccc2)C(=O)Nc2ccc(F)cc2F)cc1)C(=O)O. The second-order valence-corrected chi connectivity index (χ2v) is 8.96. The van der Waals surface area contributed by atoms with Crippen molar-refractivity contribution in [1.82, 2.24) is 4.90 Å². The first-order valence-corrected chi connectivity index (χ1v) is 13.0. The predicted octanol–water partition coefficient (Wildman–Crippen LogP) is 5.93. The highest BCUT2D eigenvalue weighted by Gasteiger charge is 2.18. The first-order chi connectivity index (χ1) is 18.9. The second-order valence-electron chi connectivity index (χ2n) is 8.96. The highest BCUT2D eigenvalue weighted by molar-refractivity contribution is 5.89. The largest absolute Gasteiger partial charge is 0.492 e. The number of carbonyl (C=O) groups is 2. The maximum Gasteiger partial charge on any atom is 0.333 e. The molecule has 0 bridgehead atoms. The van der Waals surface area contributed by atoms with E-state index in [4.69, 9.17) is 9.47 Å². The Morgan fingerprint density at radius 3 is 2.36 bits per heavy atom. The zero-order valence-electron chi connectivity index (χ0n) is 21.9. The number of unbranched alkanes of at least 4 members (excludes halogenated alkanes) is 1. The number of nitrogens with zero attached hydrogens (tertiary/aromatic N) is 1. The van der Waals surface area contributed by atoms with Crippen molar-refractivity contribution >= 4 is 17.7 Å². The molecule has 0 fully saturated rings. The molecule has 0 aliphatic carbocycles. The third-order valence-electron chi connectivity index (χ3n) is 6.06. The summed E-state index contributed by atoms with van der Waals surface area (Å²) in [6, 6.07) is 19.6. The molecule has 1 unspecified atom stereocenters. The Labute approximate surface area is 227 Å². The van der Waals surface area contributed by atoms with Crippen LogP contribution in [0.2, 0.25) is 0 Å². The molecular formula is C30H34F2N2O5. The number of hydrogen-bond donors (Lipinski definition) is 2. The molecule has 0 aliphatic rings. The van der Waals surface area contributed by atoms with Crippen LogP contribution in [0, 0.1) is 11.6 Å². The fourth-order valence-electron chi connectivity index (χ4n) is 4.00. The van der Waals surface area contributed by atoms with Crippen LogP contribution in [0.1, 0.15) is 30.9 Å². The monoisotopic (exact) mass is 540 g/mol. The molecule has 0 aromatic heterocycles. The number of benzene rings is 3. The van der Waals surface area contributed by atoms with Gasteiger partial charge in [0.05, 0.1) is 12.2 Å². The van der Waals surface area contributed by atoms with Gasteiger partial charge in [-0.15, -0.1) is 0 Å². The Morgan fingerprint density at radius 1 is 0.949 bits per heavy atom. The molecule has 9 heteroatoms. The molecule has 3 aromatic carbocycles. The third kappa shape index (κ3) is 10.0. The fraction of sp³-hybridized carbons (Fsp3) is 0.333. The molecule has 0 heterocycles. The summed E-state index contributed by atoms with van der Waals surface area (Å²) in [5.41, 5.74) is 1.91. The van der Waals surface area contributed by atoms with Crippen LogP contribution in [0.4, 0.5) is 19.3 Å². The lowest BCUT2D eigenvalue weighted by Gasteiger charge is -2.23. The minimum Gasteiger partial charge on any atom is -0.492 e. The number of aryl methyl sites for hydroxylation is 1. The van der Waals surface area contributed by atoms with E-state index in [-0.39, 0.29) is 25.3 Å². The van der Waals surface area contributed by atoms with Crippen LogP contribution >= 0.6 is 0 Å². The van der Waals surface area contributed by atoms with E-state index in [2.05, 4.69) is 17.4 Å². The van der Waals surface area contributed by atoms with Gasteiger partial charge in [-0.3, -0.25) is 0 Å². The molecule has 7 nitrogen and oxygen atoms in total. The molecule has 1 atom stereocenters. The number of nitrogens with one attached hydrogen (secondary N) is 1. The van der Waals surface area contributed by atoms with E-state index in [0.29, 0.717) is 18.9 Å². The molecule has 2 amide bonds. The molecule has 2 N–H and O–H groups in total. The molecule has 0 saturated heterocycles. The number of amides is 2. The van der Waals surface area contributed by atoms with Crippen LogP contribution in [0.5, 0.6) is 5.75 Å². The van der Waals surface area contributed by atoms with Gasteiger partial charge in [0.25, 0.3) is 0 Å². The molecule has 0 saturated carbocycles. The summed E-state index contributed by atoms with van der Waals surface area (Å²) in [6.07, 6.45) is 1.78. The average molecular weight is 541 g/mol. The van der Waals surface area contributed by atoms with Crippen molar-refractivity contribution in [1.29, 1.82) is 0 Å². The minimum atomic E-state index is -1.01. The number of halogens is 2. The van der Waals surface area contributed by atoms with E-state index >= 15 is 0 Å². The van der Waals surface area contributed by atoms with Crippen molar-refractivity contribution in [2.75, 3.05) is 31.6 Å². The van der Waals surface area contributed by atoms with Gasteiger partial charge in [-0.2, -0.15) is 0 Å². The summed E-state index contributed by atoms with van der Waals surface area (Å²) in [5.74, 6) is -2.02. The van der Waals surface area contributed by atoms with Gasteiger partial charge in [-0.1, -0.05) is 42.5 Å². The molecule has 0 radical (unpaired) electrons. The van der Waals surface area contributed by atoms with Crippen LogP contribution in [0.3, 0.4) is 0 Å². The Morgan fingerprint density at radius 2 is 1.69 bits per heavy atom. The molecule has 0 spiro atoms. The lowest BCUT2D eigenvalue weighted by Crippen LogP contribution is -2.38. The second kappa shape index (κ2) is 15.4. The highest BCUT2D eigenvalue weighted by atomic mass is 19.1. The Balaban J connectivity index is 1.56. The van der Waals surface area contributed by atoms with Crippen LogP contribution in [0.25, 0.3) is 0 Å². The van der Waals surface area contributed by atoms with Crippen LogP contribution < -0.4 is 10.1 Å². The number of hydrogen-bond acceptors (Lipinski definition) is 4. The Bertz CT molecular complexity index is 1190. The topological polar surface area (TPSA) is 88.1 Å². The van der Waals surface area contributed by atoms with E-state index in [0.717, 1.165) is 37.0 Å². The molecule has 0 aliphatic heterocycles. The first-order valence-electron chi connectivity index (χ1n) is 13.0. The summed E-state index contributed by atoms with van der Waals surface area (Å²) in [5, 5.41) is 11.8. The van der Waals surface area contributed by atoms with Crippen molar-refractivity contribution in [2.45, 2.75) is 38.7 Å². The van der Waals surface area contributed by atoms with E-state index in [9.17, 15) is 23.5 Å². The van der Waals surface area contributed by atoms with Gasteiger partial charge in [0, 0.05) is 25.6 Å². The number of urea groups is 1. The standard InChI is InChI=1S/C30H34F2N2O5/c1-2-38-28(29(35)36)20-23-11-14-25(15-12-23)39-19-18-34(17-7-6-10-22-8-4-3-5-9-22)30(37)33-27-16-13-24(31)21-26(27)32/h3-5,8-9,11-16,21,28H,2,6-7,10,17-20H2,1H3,(H,33,37)(H,35,36). The van der Waals surface area contributed by atoms with Gasteiger partial charge in [0.1, 0.15) is 24.0 Å². The molecular weight excluding hydrogens is 506 g/mol. The molecule has 39 heavy (non-hydrogen) atoms. The smallest absolute Gasteiger partial charge is 0.333 e. The van der Waals surface area contributed by atoms with Crippen molar-refractivity contribution in [3.05, 3.63) is 95.6 Å². The zero-order valence-corrected chi connectivity index (χ0v) is 21.9. The van der Waals surface area contributed by atoms with Crippen molar-refractivity contribution in [2.24, 2.45) is 0 Å². The maximum absolute atomic E-state index is 14.1. The van der Waals surface area contributed by atoms with Gasteiger partial charge in [0.15, 0.2) is 6.10 Å². The number of carboxylic acids is 1. The van der Waals surface area contributed by atoms with E-state index in [1.165, 1.54) is 11.6 Å². The number of rotatable bonds is 15. The molecule has 208 valence electrons. The Hall–Kier alpha value is -3.98. The molecule has 3 rings (SSSR count). The summed E-state index contributed by atoms with van der Waals surface area (Å²) >= 11 is 0. The maximum atomic E-state index is 14.1. The van der Waals surface area contributed by atoms with Gasteiger partial charge < -0.3 is 24.8 Å². The summed E-state index contributed by atoms with van der Waals surface area (Å²) < 4.78 is 38.4. The van der Waals surface area contributed by atoms with Crippen LogP contribution in [-0.2, 0) is 22.4 Å². The van der Waals surface area contributed by atoms with Crippen molar-refractivity contribution in [3.63, 3.8) is 0 Å². The highest BCUT2D eigenvalue weighted by Crippen LogP contribution is 2.17. The van der Waals surface area contributed by atoms with Crippen molar-refractivity contribution < 1.29 is 33.0 Å². The predicted molar refractivity (Wildman–Crippen MR) is 145 cm³/mol. The fourth-order valence-corrected chi connectivity index (χ4v) is 4.00. The van der Waals surface area contributed by atoms with Crippen LogP contribution in [-0.4, -0.2) is 54.4 Å². The Kier molecular flexibility index (Phi) is 11.7. The van der Waals surface area contributed by atoms with Crippen molar-refractivity contribution in [3.8, 4) is 5.75 Å². The summed E-state index contributed by atoms with van der Waals surface area (Å²) in [4.78, 5) is 25.8. The summed E-state index contributed by atoms with van der Waals surface area (Å²) in [7, 11) is 0. The first kappa shape index (κ1) is 29.6. The number of carboxylic acid groups (broad SMARTS) is 1. The minimum absolute atomic E-state index is 0.0982. The quantitative estimate of drug-likeness (QED) is 0.233. The van der Waals surface area contributed by atoms with E-state index in [1.54, 1.807) is 36.1 Å². The zero-order chi connectivity index (χ0) is 28.0. The normalized spacial score (nSPS) is 11.6. The van der Waals surface area contributed by atoms with Gasteiger partial charge in [-0.05, 0) is 61.6 Å². The number of anilines is 1. The lowest BCUT2D eigenvalue weighted by molar-refractivity contribution is -0.149. The van der Waals surface area contributed by atoms with Gasteiger partial charge in [0.2, 0.25) is 0 Å².